The molecule has 2 atom stereocenters. The Morgan fingerprint density at radius 1 is 1.58 bits per heavy atom. The zero-order chi connectivity index (χ0) is 14.5. The molecule has 0 amide bonds. The molecule has 1 aliphatic rings. The third-order valence-corrected chi connectivity index (χ3v) is 4.00. The van der Waals surface area contributed by atoms with Gasteiger partial charge in [-0.25, -0.2) is 8.78 Å². The number of nitrogens with zero attached hydrogens (tertiary/aromatic N) is 1. The highest BCUT2D eigenvalue weighted by atomic mass is 19.3. The van der Waals surface area contributed by atoms with E-state index in [0.29, 0.717) is 25.9 Å². The average Bonchev–Trinajstić information content (AvgIpc) is 2.70. The van der Waals surface area contributed by atoms with Crippen molar-refractivity contribution >= 4 is 5.97 Å². The van der Waals surface area contributed by atoms with Crippen molar-refractivity contribution in [2.75, 3.05) is 26.7 Å². The van der Waals surface area contributed by atoms with E-state index in [9.17, 15) is 18.7 Å². The number of hydrogen-bond donors (Lipinski definition) is 2. The number of likely N-dealkylation sites (N-methyl/N-ethyl adjacent to an activating group) is 1. The number of halogens is 2. The molecule has 0 spiro atoms. The van der Waals surface area contributed by atoms with Crippen LogP contribution in [-0.2, 0) is 4.79 Å². The van der Waals surface area contributed by atoms with Gasteiger partial charge in [0.2, 0.25) is 0 Å². The van der Waals surface area contributed by atoms with E-state index in [4.69, 9.17) is 0 Å². The topological polar surface area (TPSA) is 52.6 Å². The molecule has 0 aromatic carbocycles. The first-order valence-corrected chi connectivity index (χ1v) is 6.87. The molecule has 0 radical (unpaired) electrons. The third-order valence-electron chi connectivity index (χ3n) is 4.00. The van der Waals surface area contributed by atoms with Gasteiger partial charge in [0.1, 0.15) is 5.54 Å². The molecule has 19 heavy (non-hydrogen) atoms. The molecule has 2 unspecified atom stereocenters. The molecular formula is C13H24F2N2O2. The summed E-state index contributed by atoms with van der Waals surface area (Å²) >= 11 is 0. The van der Waals surface area contributed by atoms with E-state index in [-0.39, 0.29) is 12.5 Å². The van der Waals surface area contributed by atoms with Crippen molar-refractivity contribution in [1.82, 2.24) is 10.2 Å². The zero-order valence-electron chi connectivity index (χ0n) is 11.7. The van der Waals surface area contributed by atoms with Gasteiger partial charge in [-0.1, -0.05) is 13.3 Å². The maximum absolute atomic E-state index is 12.2. The minimum atomic E-state index is -2.34. The Bertz CT molecular complexity index is 302. The Hall–Kier alpha value is -0.750. The van der Waals surface area contributed by atoms with Gasteiger partial charge in [-0.3, -0.25) is 4.79 Å². The Kier molecular flexibility index (Phi) is 6.13. The van der Waals surface area contributed by atoms with Crippen molar-refractivity contribution in [2.45, 2.75) is 44.6 Å². The predicted molar refractivity (Wildman–Crippen MR) is 69.5 cm³/mol. The minimum Gasteiger partial charge on any atom is -0.480 e. The first kappa shape index (κ1) is 16.3. The van der Waals surface area contributed by atoms with Crippen LogP contribution in [0.3, 0.4) is 0 Å². The number of carboxylic acid groups (broad SMARTS) is 1. The number of aliphatic carboxylic acids is 1. The van der Waals surface area contributed by atoms with E-state index < -0.39 is 17.9 Å². The number of carbonyl (C=O) groups is 1. The van der Waals surface area contributed by atoms with Crippen LogP contribution in [0.25, 0.3) is 0 Å². The maximum Gasteiger partial charge on any atom is 0.324 e. The molecule has 1 fully saturated rings. The summed E-state index contributed by atoms with van der Waals surface area (Å²) in [6.45, 7) is 2.75. The van der Waals surface area contributed by atoms with Gasteiger partial charge in [0, 0.05) is 0 Å². The van der Waals surface area contributed by atoms with E-state index >= 15 is 0 Å². The van der Waals surface area contributed by atoms with E-state index in [1.54, 1.807) is 11.9 Å². The molecule has 2 N–H and O–H groups in total. The van der Waals surface area contributed by atoms with Crippen LogP contribution < -0.4 is 5.32 Å². The van der Waals surface area contributed by atoms with E-state index in [1.165, 1.54) is 0 Å². The summed E-state index contributed by atoms with van der Waals surface area (Å²) in [7, 11) is 1.65. The highest BCUT2D eigenvalue weighted by Crippen LogP contribution is 2.38. The van der Waals surface area contributed by atoms with E-state index in [1.807, 2.05) is 6.92 Å². The summed E-state index contributed by atoms with van der Waals surface area (Å²) in [6.07, 6.45) is 0.651. The van der Waals surface area contributed by atoms with Crippen molar-refractivity contribution in [1.29, 1.82) is 0 Å². The predicted octanol–water partition coefficient (Wildman–Crippen LogP) is 1.81. The standard InChI is InChI=1S/C13H24F2N2O2/c1-3-16-13(12(18)19)7-4-5-10(13)6-8-17(2)9-11(14)15/h10-11,16H,3-9H2,1-2H3,(H,18,19). The fourth-order valence-corrected chi connectivity index (χ4v) is 3.08. The number of alkyl halides is 2. The molecule has 0 bridgehead atoms. The van der Waals surface area contributed by atoms with Crippen molar-refractivity contribution < 1.29 is 18.7 Å². The van der Waals surface area contributed by atoms with Crippen molar-refractivity contribution in [2.24, 2.45) is 5.92 Å². The van der Waals surface area contributed by atoms with E-state index in [2.05, 4.69) is 5.32 Å². The van der Waals surface area contributed by atoms with Gasteiger partial charge >= 0.3 is 5.97 Å². The van der Waals surface area contributed by atoms with Crippen molar-refractivity contribution in [3.8, 4) is 0 Å². The quantitative estimate of drug-likeness (QED) is 0.711. The second kappa shape index (κ2) is 7.14. The molecule has 0 saturated heterocycles. The summed E-state index contributed by atoms with van der Waals surface area (Å²) in [4.78, 5) is 13.1. The summed E-state index contributed by atoms with van der Waals surface area (Å²) in [5.74, 6) is -0.793. The Morgan fingerprint density at radius 3 is 2.79 bits per heavy atom. The molecule has 1 rings (SSSR count). The SMILES string of the molecule is CCNC1(C(=O)O)CCCC1CCN(C)CC(F)F. The van der Waals surface area contributed by atoms with Crippen LogP contribution in [0.2, 0.25) is 0 Å². The van der Waals surface area contributed by atoms with Crippen LogP contribution in [0.5, 0.6) is 0 Å². The first-order chi connectivity index (χ1) is 8.92. The van der Waals surface area contributed by atoms with Crippen LogP contribution in [0, 0.1) is 5.92 Å². The molecule has 0 aromatic rings. The highest BCUT2D eigenvalue weighted by Gasteiger charge is 2.48. The van der Waals surface area contributed by atoms with Gasteiger partial charge in [0.05, 0.1) is 6.54 Å². The molecular weight excluding hydrogens is 254 g/mol. The first-order valence-electron chi connectivity index (χ1n) is 6.87. The van der Waals surface area contributed by atoms with Gasteiger partial charge in [0.15, 0.2) is 0 Å². The lowest BCUT2D eigenvalue weighted by atomic mass is 9.84. The second-order valence-corrected chi connectivity index (χ2v) is 5.34. The van der Waals surface area contributed by atoms with Crippen LogP contribution in [0.15, 0.2) is 0 Å². The maximum atomic E-state index is 12.2. The average molecular weight is 278 g/mol. The Morgan fingerprint density at radius 2 is 2.26 bits per heavy atom. The third kappa shape index (κ3) is 4.11. The molecule has 1 aliphatic carbocycles. The fourth-order valence-electron chi connectivity index (χ4n) is 3.08. The van der Waals surface area contributed by atoms with Gasteiger partial charge in [-0.05, 0) is 45.3 Å². The molecule has 0 heterocycles. The van der Waals surface area contributed by atoms with Crippen LogP contribution in [0.1, 0.15) is 32.6 Å². The lowest BCUT2D eigenvalue weighted by Gasteiger charge is -2.33. The van der Waals surface area contributed by atoms with Gasteiger partial charge < -0.3 is 15.3 Å². The smallest absolute Gasteiger partial charge is 0.324 e. The molecule has 4 nitrogen and oxygen atoms in total. The largest absolute Gasteiger partial charge is 0.480 e. The molecule has 1 saturated carbocycles. The Balaban J connectivity index is 2.57. The van der Waals surface area contributed by atoms with Gasteiger partial charge in [0.25, 0.3) is 6.43 Å². The summed E-state index contributed by atoms with van der Waals surface area (Å²) in [5, 5.41) is 12.6. The van der Waals surface area contributed by atoms with Crippen LogP contribution >= 0.6 is 0 Å². The molecule has 6 heteroatoms. The van der Waals surface area contributed by atoms with Crippen LogP contribution in [0.4, 0.5) is 8.78 Å². The lowest BCUT2D eigenvalue weighted by molar-refractivity contribution is -0.146. The van der Waals surface area contributed by atoms with Crippen LogP contribution in [-0.4, -0.2) is 54.6 Å². The normalized spacial score (nSPS) is 27.4. The minimum absolute atomic E-state index is 0.0186. The monoisotopic (exact) mass is 278 g/mol. The molecule has 0 aromatic heterocycles. The fraction of sp³-hybridized carbons (Fsp3) is 0.923. The molecule has 0 aliphatic heterocycles. The summed E-state index contributed by atoms with van der Waals surface area (Å²) < 4.78 is 24.5. The second-order valence-electron chi connectivity index (χ2n) is 5.34. The summed E-state index contributed by atoms with van der Waals surface area (Å²) in [5.41, 5.74) is -0.861. The van der Waals surface area contributed by atoms with Gasteiger partial charge in [-0.15, -0.1) is 0 Å². The zero-order valence-corrected chi connectivity index (χ0v) is 11.7. The summed E-state index contributed by atoms with van der Waals surface area (Å²) in [6, 6.07) is 0. The number of nitrogens with one attached hydrogen (secondary N) is 1. The number of rotatable bonds is 8. The number of carboxylic acids is 1. The lowest BCUT2D eigenvalue weighted by Crippen LogP contribution is -2.55. The molecule has 112 valence electrons. The highest BCUT2D eigenvalue weighted by molar-refractivity contribution is 5.79. The number of hydrogen-bond acceptors (Lipinski definition) is 3. The van der Waals surface area contributed by atoms with Crippen molar-refractivity contribution in [3.63, 3.8) is 0 Å². The Labute approximate surface area is 113 Å². The van der Waals surface area contributed by atoms with Gasteiger partial charge in [-0.2, -0.15) is 0 Å². The van der Waals surface area contributed by atoms with E-state index in [0.717, 1.165) is 12.8 Å². The van der Waals surface area contributed by atoms with Crippen molar-refractivity contribution in [3.05, 3.63) is 0 Å².